The average molecular weight is 446 g/mol. The average Bonchev–Trinajstić information content (AvgIpc) is 3.18. The summed E-state index contributed by atoms with van der Waals surface area (Å²) in [5, 5.41) is 0.362. The number of benzene rings is 3. The Hall–Kier alpha value is -2.92. The van der Waals surface area contributed by atoms with Gasteiger partial charge >= 0.3 is 0 Å². The molecule has 1 amide bonds. The zero-order chi connectivity index (χ0) is 21.8. The Labute approximate surface area is 193 Å². The highest BCUT2D eigenvalue weighted by Gasteiger charge is 2.26. The first-order valence-electron chi connectivity index (χ1n) is 11.2. The van der Waals surface area contributed by atoms with E-state index in [9.17, 15) is 4.79 Å². The Morgan fingerprint density at radius 3 is 2.31 bits per heavy atom. The van der Waals surface area contributed by atoms with E-state index in [1.165, 1.54) is 16.7 Å². The van der Waals surface area contributed by atoms with Crippen molar-refractivity contribution in [2.24, 2.45) is 0 Å². The number of amides is 1. The molecule has 1 saturated heterocycles. The van der Waals surface area contributed by atoms with Gasteiger partial charge in [-0.05, 0) is 35.2 Å². The van der Waals surface area contributed by atoms with Crippen LogP contribution in [0.25, 0.3) is 0 Å². The highest BCUT2D eigenvalue weighted by molar-refractivity contribution is 7.99. The summed E-state index contributed by atoms with van der Waals surface area (Å²) >= 11 is 1.93. The number of fused-ring (bicyclic) bond motifs is 1. The molecule has 0 aromatic heterocycles. The lowest BCUT2D eigenvalue weighted by Gasteiger charge is -2.24. The smallest absolute Gasteiger partial charge is 0.231 e. The zero-order valence-corrected chi connectivity index (χ0v) is 18.8. The van der Waals surface area contributed by atoms with Crippen LogP contribution in [0, 0.1) is 0 Å². The molecule has 0 aliphatic carbocycles. The van der Waals surface area contributed by atoms with Gasteiger partial charge in [-0.25, -0.2) is 0 Å². The van der Waals surface area contributed by atoms with Crippen LogP contribution < -0.4 is 9.47 Å². The topological polar surface area (TPSA) is 38.8 Å². The van der Waals surface area contributed by atoms with Gasteiger partial charge in [-0.3, -0.25) is 4.79 Å². The zero-order valence-electron chi connectivity index (χ0n) is 18.0. The molecule has 1 fully saturated rings. The van der Waals surface area contributed by atoms with Gasteiger partial charge in [0.15, 0.2) is 11.5 Å². The lowest BCUT2D eigenvalue weighted by molar-refractivity contribution is -0.131. The third kappa shape index (κ3) is 4.63. The lowest BCUT2D eigenvalue weighted by atomic mass is 9.88. The molecule has 0 bridgehead atoms. The van der Waals surface area contributed by atoms with E-state index in [1.54, 1.807) is 0 Å². The van der Waals surface area contributed by atoms with Crippen molar-refractivity contribution in [1.82, 2.24) is 4.90 Å². The van der Waals surface area contributed by atoms with E-state index in [4.69, 9.17) is 9.47 Å². The van der Waals surface area contributed by atoms with E-state index in [1.807, 2.05) is 54.2 Å². The van der Waals surface area contributed by atoms with Gasteiger partial charge in [-0.2, -0.15) is 11.8 Å². The Bertz CT molecular complexity index is 1020. The van der Waals surface area contributed by atoms with E-state index >= 15 is 0 Å². The van der Waals surface area contributed by atoms with Crippen molar-refractivity contribution in [2.45, 2.75) is 24.0 Å². The third-order valence-corrected chi connectivity index (χ3v) is 7.57. The number of rotatable bonds is 5. The highest BCUT2D eigenvalue weighted by atomic mass is 32.2. The largest absolute Gasteiger partial charge is 0.454 e. The number of hydrogen-bond donors (Lipinski definition) is 0. The molecule has 0 radical (unpaired) electrons. The van der Waals surface area contributed by atoms with E-state index in [2.05, 4.69) is 41.3 Å². The second-order valence-corrected chi connectivity index (χ2v) is 9.53. The number of nitrogens with zero attached hydrogens (tertiary/aromatic N) is 1. The fourth-order valence-electron chi connectivity index (χ4n) is 4.50. The van der Waals surface area contributed by atoms with Crippen LogP contribution in [0.2, 0.25) is 0 Å². The number of carbonyl (C=O) groups excluding carboxylic acids is 1. The van der Waals surface area contributed by atoms with Crippen LogP contribution >= 0.6 is 11.8 Å². The predicted molar refractivity (Wildman–Crippen MR) is 128 cm³/mol. The van der Waals surface area contributed by atoms with Crippen LogP contribution in [0.4, 0.5) is 0 Å². The second kappa shape index (κ2) is 9.70. The van der Waals surface area contributed by atoms with Gasteiger partial charge in [0, 0.05) is 36.4 Å². The van der Waals surface area contributed by atoms with Crippen LogP contribution in [-0.2, 0) is 4.79 Å². The first-order chi connectivity index (χ1) is 15.8. The minimum Gasteiger partial charge on any atom is -0.454 e. The van der Waals surface area contributed by atoms with E-state index in [0.717, 1.165) is 36.8 Å². The monoisotopic (exact) mass is 445 g/mol. The molecule has 164 valence electrons. The molecule has 3 aromatic carbocycles. The summed E-state index contributed by atoms with van der Waals surface area (Å²) in [5.74, 6) is 2.89. The Morgan fingerprint density at radius 1 is 0.906 bits per heavy atom. The van der Waals surface area contributed by atoms with Crippen LogP contribution in [0.1, 0.15) is 40.7 Å². The molecule has 2 aliphatic rings. The first kappa shape index (κ1) is 21.0. The first-order valence-corrected chi connectivity index (χ1v) is 12.2. The summed E-state index contributed by atoms with van der Waals surface area (Å²) in [7, 11) is 0. The van der Waals surface area contributed by atoms with Crippen molar-refractivity contribution in [1.29, 1.82) is 0 Å². The molecular formula is C27H27NO3S. The Balaban J connectivity index is 1.28. The van der Waals surface area contributed by atoms with Crippen LogP contribution in [0.15, 0.2) is 78.9 Å². The summed E-state index contributed by atoms with van der Waals surface area (Å²) in [6.07, 6.45) is 1.44. The van der Waals surface area contributed by atoms with E-state index in [-0.39, 0.29) is 11.8 Å². The van der Waals surface area contributed by atoms with E-state index in [0.29, 0.717) is 18.5 Å². The molecule has 1 unspecified atom stereocenters. The SMILES string of the molecule is O=C(CC(c1ccccc1)c1ccccc1)N1CCSC(c2ccc3c(c2)OCO3)CC1. The molecule has 32 heavy (non-hydrogen) atoms. The number of ether oxygens (including phenoxy) is 2. The van der Waals surface area contributed by atoms with Gasteiger partial charge in [0.1, 0.15) is 0 Å². The third-order valence-electron chi connectivity index (χ3n) is 6.25. The van der Waals surface area contributed by atoms with Crippen molar-refractivity contribution in [3.8, 4) is 11.5 Å². The molecule has 1 atom stereocenters. The molecule has 0 saturated carbocycles. The van der Waals surface area contributed by atoms with Crippen molar-refractivity contribution < 1.29 is 14.3 Å². The number of thioether (sulfide) groups is 1. The quantitative estimate of drug-likeness (QED) is 0.509. The van der Waals surface area contributed by atoms with Gasteiger partial charge in [0.25, 0.3) is 0 Å². The summed E-state index contributed by atoms with van der Waals surface area (Å²) in [4.78, 5) is 15.4. The minimum absolute atomic E-state index is 0.0745. The van der Waals surface area contributed by atoms with Gasteiger partial charge in [0.05, 0.1) is 0 Å². The fourth-order valence-corrected chi connectivity index (χ4v) is 5.72. The molecule has 3 aromatic rings. The predicted octanol–water partition coefficient (Wildman–Crippen LogP) is 5.64. The summed E-state index contributed by atoms with van der Waals surface area (Å²) in [5.41, 5.74) is 3.63. The standard InChI is InChI=1S/C27H27NO3S/c29-27(18-23(20-7-3-1-4-8-20)21-9-5-2-6-10-21)28-14-13-26(32-16-15-28)22-11-12-24-25(17-22)31-19-30-24/h1-12,17,23,26H,13-16,18-19H2. The van der Waals surface area contributed by atoms with Crippen LogP contribution in [0.3, 0.4) is 0 Å². The van der Waals surface area contributed by atoms with Crippen molar-refractivity contribution in [2.75, 3.05) is 25.6 Å². The maximum atomic E-state index is 13.4. The summed E-state index contributed by atoms with van der Waals surface area (Å²) in [6, 6.07) is 27.0. The molecule has 5 rings (SSSR count). The van der Waals surface area contributed by atoms with Gasteiger partial charge in [-0.1, -0.05) is 66.7 Å². The summed E-state index contributed by atoms with van der Waals surface area (Å²) < 4.78 is 11.0. The maximum Gasteiger partial charge on any atom is 0.231 e. The number of carbonyl (C=O) groups is 1. The van der Waals surface area contributed by atoms with Crippen molar-refractivity contribution in [3.05, 3.63) is 95.6 Å². The molecule has 0 N–H and O–H groups in total. The van der Waals surface area contributed by atoms with E-state index < -0.39 is 0 Å². The number of hydrogen-bond acceptors (Lipinski definition) is 4. The minimum atomic E-state index is 0.0745. The molecule has 2 heterocycles. The highest BCUT2D eigenvalue weighted by Crippen LogP contribution is 2.40. The molecule has 0 spiro atoms. The second-order valence-electron chi connectivity index (χ2n) is 8.22. The Morgan fingerprint density at radius 2 is 1.59 bits per heavy atom. The van der Waals surface area contributed by atoms with Gasteiger partial charge in [0.2, 0.25) is 12.7 Å². The maximum absolute atomic E-state index is 13.4. The molecular weight excluding hydrogens is 418 g/mol. The fraction of sp³-hybridized carbons (Fsp3) is 0.296. The molecule has 4 nitrogen and oxygen atoms in total. The lowest BCUT2D eigenvalue weighted by Crippen LogP contribution is -2.34. The van der Waals surface area contributed by atoms with Gasteiger partial charge in [-0.15, -0.1) is 0 Å². The summed E-state index contributed by atoms with van der Waals surface area (Å²) in [6.45, 7) is 1.87. The van der Waals surface area contributed by atoms with Crippen molar-refractivity contribution >= 4 is 17.7 Å². The normalized spacial score (nSPS) is 17.9. The Kier molecular flexibility index (Phi) is 6.35. The van der Waals surface area contributed by atoms with Crippen molar-refractivity contribution in [3.63, 3.8) is 0 Å². The van der Waals surface area contributed by atoms with Gasteiger partial charge < -0.3 is 14.4 Å². The van der Waals surface area contributed by atoms with Crippen LogP contribution in [-0.4, -0.2) is 36.4 Å². The molecule has 5 heteroatoms. The molecule has 2 aliphatic heterocycles. The van der Waals surface area contributed by atoms with Crippen LogP contribution in [0.5, 0.6) is 11.5 Å².